The van der Waals surface area contributed by atoms with Crippen molar-refractivity contribution in [2.24, 2.45) is 0 Å². The minimum absolute atomic E-state index is 0.0784. The van der Waals surface area contributed by atoms with Crippen LogP contribution in [-0.4, -0.2) is 48.2 Å². The monoisotopic (exact) mass is 330 g/mol. The smallest absolute Gasteiger partial charge is 0.117 e. The van der Waals surface area contributed by atoms with E-state index in [4.69, 9.17) is 13.6 Å². The third-order valence-electron chi connectivity index (χ3n) is 5.55. The number of hydrogen-bond donors (Lipinski definition) is 0. The Morgan fingerprint density at radius 2 is 2.12 bits per heavy atom. The van der Waals surface area contributed by atoms with Gasteiger partial charge in [-0.3, -0.25) is 9.80 Å². The van der Waals surface area contributed by atoms with Gasteiger partial charge >= 0.3 is 0 Å². The van der Waals surface area contributed by atoms with Crippen molar-refractivity contribution in [3.8, 4) is 0 Å². The van der Waals surface area contributed by atoms with Crippen LogP contribution in [0.15, 0.2) is 45.8 Å². The van der Waals surface area contributed by atoms with Crippen LogP contribution in [0.1, 0.15) is 30.6 Å². The fraction of sp³-hybridized carbons (Fsp3) is 0.579. The summed E-state index contributed by atoms with van der Waals surface area (Å²) >= 11 is 0. The van der Waals surface area contributed by atoms with Gasteiger partial charge in [-0.15, -0.1) is 0 Å². The van der Waals surface area contributed by atoms with E-state index in [2.05, 4.69) is 22.9 Å². The molecule has 1 spiro atoms. The number of likely N-dealkylation sites (tertiary alicyclic amines) is 1. The highest BCUT2D eigenvalue weighted by Crippen LogP contribution is 2.38. The van der Waals surface area contributed by atoms with Crippen LogP contribution in [0, 0.1) is 0 Å². The highest BCUT2D eigenvalue weighted by molar-refractivity contribution is 5.06. The second-order valence-corrected chi connectivity index (χ2v) is 7.25. The molecular weight excluding hydrogens is 304 g/mol. The molecule has 0 amide bonds. The van der Waals surface area contributed by atoms with Gasteiger partial charge < -0.3 is 13.6 Å². The molecule has 2 aromatic heterocycles. The molecule has 4 heterocycles. The first kappa shape index (κ1) is 15.9. The lowest BCUT2D eigenvalue weighted by Crippen LogP contribution is -2.44. The van der Waals surface area contributed by atoms with Gasteiger partial charge in [-0.25, -0.2) is 0 Å². The van der Waals surface area contributed by atoms with Crippen LogP contribution in [0.2, 0.25) is 0 Å². The Labute approximate surface area is 143 Å². The van der Waals surface area contributed by atoms with Gasteiger partial charge in [0.2, 0.25) is 0 Å². The second-order valence-electron chi connectivity index (χ2n) is 7.25. The van der Waals surface area contributed by atoms with E-state index in [0.717, 1.165) is 57.8 Å². The molecular formula is C19H26N2O3. The Hall–Kier alpha value is -1.56. The number of piperidine rings is 1. The molecule has 0 unspecified atom stereocenters. The van der Waals surface area contributed by atoms with Gasteiger partial charge in [0.15, 0.2) is 0 Å². The lowest BCUT2D eigenvalue weighted by Gasteiger charge is -2.38. The van der Waals surface area contributed by atoms with Crippen molar-refractivity contribution >= 4 is 0 Å². The van der Waals surface area contributed by atoms with Gasteiger partial charge in [0.05, 0.1) is 37.5 Å². The molecule has 0 bridgehead atoms. The number of ether oxygens (including phenoxy) is 1. The quantitative estimate of drug-likeness (QED) is 0.842. The number of rotatable bonds is 5. The van der Waals surface area contributed by atoms with Gasteiger partial charge in [-0.2, -0.15) is 0 Å². The van der Waals surface area contributed by atoms with Crippen molar-refractivity contribution in [3.05, 3.63) is 48.3 Å². The van der Waals surface area contributed by atoms with Crippen LogP contribution in [0.4, 0.5) is 0 Å². The van der Waals surface area contributed by atoms with Gasteiger partial charge in [0, 0.05) is 31.2 Å². The molecule has 2 aliphatic rings. The maximum atomic E-state index is 6.30. The highest BCUT2D eigenvalue weighted by atomic mass is 16.5. The molecule has 2 saturated heterocycles. The van der Waals surface area contributed by atoms with Gasteiger partial charge in [-0.05, 0) is 44.5 Å². The maximum absolute atomic E-state index is 6.30. The molecule has 4 rings (SSSR count). The largest absolute Gasteiger partial charge is 0.472 e. The summed E-state index contributed by atoms with van der Waals surface area (Å²) in [7, 11) is 2.17. The molecule has 130 valence electrons. The minimum atomic E-state index is 0.0784. The number of hydrogen-bond acceptors (Lipinski definition) is 5. The average molecular weight is 330 g/mol. The van der Waals surface area contributed by atoms with E-state index in [-0.39, 0.29) is 5.60 Å². The molecule has 0 saturated carbocycles. The predicted molar refractivity (Wildman–Crippen MR) is 90.5 cm³/mol. The summed E-state index contributed by atoms with van der Waals surface area (Å²) in [5, 5.41) is 0. The maximum Gasteiger partial charge on any atom is 0.117 e. The normalized spacial score (nSPS) is 24.2. The molecule has 1 atom stereocenters. The molecule has 5 nitrogen and oxygen atoms in total. The van der Waals surface area contributed by atoms with Crippen LogP contribution < -0.4 is 0 Å². The third-order valence-corrected chi connectivity index (χ3v) is 5.55. The zero-order valence-electron chi connectivity index (χ0n) is 14.3. The Kier molecular flexibility index (Phi) is 4.48. The van der Waals surface area contributed by atoms with Gasteiger partial charge in [-0.1, -0.05) is 0 Å². The predicted octanol–water partition coefficient (Wildman–Crippen LogP) is 3.13. The van der Waals surface area contributed by atoms with Crippen LogP contribution in [0.3, 0.4) is 0 Å². The number of nitrogens with zero attached hydrogens (tertiary/aromatic N) is 2. The van der Waals surface area contributed by atoms with Crippen molar-refractivity contribution in [1.29, 1.82) is 0 Å². The summed E-state index contributed by atoms with van der Waals surface area (Å²) in [5.41, 5.74) is 1.34. The molecule has 0 N–H and O–H groups in total. The van der Waals surface area contributed by atoms with E-state index in [1.54, 1.807) is 12.5 Å². The van der Waals surface area contributed by atoms with Crippen LogP contribution in [0.25, 0.3) is 0 Å². The summed E-state index contributed by atoms with van der Waals surface area (Å²) in [4.78, 5) is 4.87. The topological polar surface area (TPSA) is 42.0 Å². The Bertz CT molecular complexity index is 615. The number of furan rings is 2. The summed E-state index contributed by atoms with van der Waals surface area (Å²) in [6.45, 7) is 4.86. The Balaban J connectivity index is 1.28. The Morgan fingerprint density at radius 3 is 2.83 bits per heavy atom. The van der Waals surface area contributed by atoms with Crippen molar-refractivity contribution in [2.75, 3.05) is 26.7 Å². The molecule has 0 aromatic carbocycles. The van der Waals surface area contributed by atoms with E-state index < -0.39 is 0 Å². The lowest BCUT2D eigenvalue weighted by atomic mass is 9.87. The van der Waals surface area contributed by atoms with Gasteiger partial charge in [0.1, 0.15) is 5.76 Å². The minimum Gasteiger partial charge on any atom is -0.472 e. The summed E-state index contributed by atoms with van der Waals surface area (Å²) < 4.78 is 16.9. The van der Waals surface area contributed by atoms with Crippen molar-refractivity contribution in [3.63, 3.8) is 0 Å². The van der Waals surface area contributed by atoms with E-state index in [1.807, 2.05) is 18.4 Å². The van der Waals surface area contributed by atoms with Crippen LogP contribution in [-0.2, 0) is 17.8 Å². The number of likely N-dealkylation sites (N-methyl/N-ethyl adjacent to an activating group) is 1. The first-order valence-electron chi connectivity index (χ1n) is 8.82. The molecule has 0 aliphatic carbocycles. The lowest BCUT2D eigenvalue weighted by molar-refractivity contribution is -0.0452. The molecule has 2 aliphatic heterocycles. The first-order chi connectivity index (χ1) is 11.7. The fourth-order valence-corrected chi connectivity index (χ4v) is 3.99. The van der Waals surface area contributed by atoms with Crippen LogP contribution >= 0.6 is 0 Å². The first-order valence-corrected chi connectivity index (χ1v) is 8.82. The summed E-state index contributed by atoms with van der Waals surface area (Å²) in [6, 6.07) is 6.52. The van der Waals surface area contributed by atoms with Crippen molar-refractivity contribution in [1.82, 2.24) is 9.80 Å². The zero-order valence-corrected chi connectivity index (χ0v) is 14.3. The van der Waals surface area contributed by atoms with Gasteiger partial charge in [0.25, 0.3) is 0 Å². The second kappa shape index (κ2) is 6.75. The zero-order chi connectivity index (χ0) is 16.4. The molecule has 5 heteroatoms. The highest BCUT2D eigenvalue weighted by Gasteiger charge is 2.43. The molecule has 2 fully saturated rings. The van der Waals surface area contributed by atoms with E-state index in [1.165, 1.54) is 5.56 Å². The van der Waals surface area contributed by atoms with E-state index >= 15 is 0 Å². The van der Waals surface area contributed by atoms with E-state index in [9.17, 15) is 0 Å². The van der Waals surface area contributed by atoms with Crippen LogP contribution in [0.5, 0.6) is 0 Å². The molecule has 24 heavy (non-hydrogen) atoms. The standard InChI is InChI=1S/C19H26N2O3/c1-20(13-18-3-2-9-23-18)17-11-19(24-15-17)5-7-21(8-6-19)12-16-4-10-22-14-16/h2-4,9-10,14,17H,5-8,11-13,15H2,1H3/t17-/m1/s1. The average Bonchev–Trinajstić information content (AvgIpc) is 3.33. The fourth-order valence-electron chi connectivity index (χ4n) is 3.99. The third kappa shape index (κ3) is 3.43. The summed E-state index contributed by atoms with van der Waals surface area (Å²) in [6.07, 6.45) is 8.71. The van der Waals surface area contributed by atoms with Crippen molar-refractivity contribution in [2.45, 2.75) is 44.0 Å². The SMILES string of the molecule is CN(Cc1ccco1)[C@H]1COC2(CCN(Cc3ccoc3)CC2)C1. The Morgan fingerprint density at radius 1 is 1.25 bits per heavy atom. The molecule has 2 aromatic rings. The van der Waals surface area contributed by atoms with E-state index in [0.29, 0.717) is 6.04 Å². The molecule has 0 radical (unpaired) electrons. The van der Waals surface area contributed by atoms with Crippen molar-refractivity contribution < 1.29 is 13.6 Å². The summed E-state index contributed by atoms with van der Waals surface area (Å²) in [5.74, 6) is 1.02.